The Kier molecular flexibility index (Phi) is 5.96. The number of aromatic nitrogens is 2. The highest BCUT2D eigenvalue weighted by atomic mass is 16.5. The number of amides is 1. The van der Waals surface area contributed by atoms with Gasteiger partial charge in [0.05, 0.1) is 31.7 Å². The number of nitriles is 1. The van der Waals surface area contributed by atoms with Crippen LogP contribution in [0.4, 0.5) is 0 Å². The van der Waals surface area contributed by atoms with Crippen molar-refractivity contribution < 1.29 is 9.53 Å². The first kappa shape index (κ1) is 17.5. The van der Waals surface area contributed by atoms with E-state index in [9.17, 15) is 4.79 Å². The van der Waals surface area contributed by atoms with E-state index in [4.69, 9.17) is 10.00 Å². The molecule has 0 bridgehead atoms. The van der Waals surface area contributed by atoms with Crippen molar-refractivity contribution in [1.82, 2.24) is 14.7 Å². The van der Waals surface area contributed by atoms with Gasteiger partial charge in [0, 0.05) is 24.8 Å². The van der Waals surface area contributed by atoms with Crippen LogP contribution in [-0.2, 0) is 6.54 Å². The van der Waals surface area contributed by atoms with Gasteiger partial charge in [-0.15, -0.1) is 0 Å². The lowest BCUT2D eigenvalue weighted by atomic mass is 10.1. The number of benzene rings is 1. The van der Waals surface area contributed by atoms with Crippen LogP contribution in [0.2, 0.25) is 0 Å². The summed E-state index contributed by atoms with van der Waals surface area (Å²) in [5, 5.41) is 13.3. The van der Waals surface area contributed by atoms with Crippen molar-refractivity contribution in [3.8, 4) is 23.1 Å². The van der Waals surface area contributed by atoms with Gasteiger partial charge in [0.2, 0.25) is 0 Å². The Morgan fingerprint density at radius 2 is 1.96 bits per heavy atom. The Morgan fingerprint density at radius 1 is 1.29 bits per heavy atom. The molecule has 6 heteroatoms. The molecule has 0 unspecified atom stereocenters. The van der Waals surface area contributed by atoms with Crippen LogP contribution in [0.3, 0.4) is 0 Å². The first-order chi connectivity index (χ1) is 11.6. The normalized spacial score (nSPS) is 10.2. The van der Waals surface area contributed by atoms with Gasteiger partial charge >= 0.3 is 0 Å². The van der Waals surface area contributed by atoms with E-state index in [0.29, 0.717) is 37.3 Å². The molecule has 0 fully saturated rings. The summed E-state index contributed by atoms with van der Waals surface area (Å²) in [5.74, 6) is 0.702. The molecular weight excluding hydrogens is 304 g/mol. The van der Waals surface area contributed by atoms with Crippen molar-refractivity contribution in [2.24, 2.45) is 0 Å². The number of rotatable bonds is 7. The fourth-order valence-electron chi connectivity index (χ4n) is 2.50. The summed E-state index contributed by atoms with van der Waals surface area (Å²) in [4.78, 5) is 14.6. The average molecular weight is 326 g/mol. The maximum absolute atomic E-state index is 12.8. The molecule has 24 heavy (non-hydrogen) atoms. The smallest absolute Gasteiger partial charge is 0.257 e. The summed E-state index contributed by atoms with van der Waals surface area (Å²) in [6, 6.07) is 9.55. The lowest BCUT2D eigenvalue weighted by Crippen LogP contribution is -2.30. The molecule has 0 spiro atoms. The van der Waals surface area contributed by atoms with Crippen LogP contribution in [0.1, 0.15) is 30.6 Å². The van der Waals surface area contributed by atoms with Gasteiger partial charge in [0.25, 0.3) is 5.91 Å². The second kappa shape index (κ2) is 8.16. The summed E-state index contributed by atoms with van der Waals surface area (Å²) in [6.07, 6.45) is 2.08. The zero-order valence-corrected chi connectivity index (χ0v) is 14.3. The van der Waals surface area contributed by atoms with Crippen LogP contribution in [0, 0.1) is 11.3 Å². The molecule has 126 valence electrons. The van der Waals surface area contributed by atoms with E-state index in [0.717, 1.165) is 11.3 Å². The zero-order valence-electron chi connectivity index (χ0n) is 14.3. The number of hydrogen-bond donors (Lipinski definition) is 0. The number of methoxy groups -OCH3 is 1. The third-order valence-electron chi connectivity index (χ3n) is 3.86. The number of aryl methyl sites for hydroxylation is 1. The van der Waals surface area contributed by atoms with Crippen LogP contribution in [0.15, 0.2) is 30.5 Å². The number of nitrogens with zero attached hydrogens (tertiary/aromatic N) is 4. The molecule has 0 aliphatic heterocycles. The molecule has 1 heterocycles. The molecule has 0 radical (unpaired) electrons. The summed E-state index contributed by atoms with van der Waals surface area (Å²) < 4.78 is 6.84. The van der Waals surface area contributed by atoms with Gasteiger partial charge in [0.15, 0.2) is 0 Å². The van der Waals surface area contributed by atoms with Crippen LogP contribution in [-0.4, -0.2) is 40.8 Å². The van der Waals surface area contributed by atoms with Crippen molar-refractivity contribution in [3.63, 3.8) is 0 Å². The molecule has 0 aliphatic rings. The van der Waals surface area contributed by atoms with Crippen LogP contribution < -0.4 is 4.74 Å². The molecule has 6 nitrogen and oxygen atoms in total. The standard InChI is InChI=1S/C18H22N4O2/c1-4-21(5-2)18(23)16-13-22(12-6-11-19)20-17(16)14-7-9-15(24-3)10-8-14/h7-10,13H,4-6,12H2,1-3H3. The SMILES string of the molecule is CCN(CC)C(=O)c1cn(CCC#N)nc1-c1ccc(OC)cc1. The number of ether oxygens (including phenoxy) is 1. The number of carbonyl (C=O) groups excluding carboxylic acids is 1. The second-order valence-corrected chi connectivity index (χ2v) is 5.27. The van der Waals surface area contributed by atoms with E-state index < -0.39 is 0 Å². The highest BCUT2D eigenvalue weighted by molar-refractivity contribution is 5.99. The van der Waals surface area contributed by atoms with E-state index >= 15 is 0 Å². The van der Waals surface area contributed by atoms with Gasteiger partial charge in [-0.1, -0.05) is 0 Å². The molecule has 1 aromatic carbocycles. The molecule has 0 aliphatic carbocycles. The third-order valence-corrected chi connectivity index (χ3v) is 3.86. The van der Waals surface area contributed by atoms with Crippen LogP contribution in [0.5, 0.6) is 5.75 Å². The van der Waals surface area contributed by atoms with Crippen LogP contribution in [0.25, 0.3) is 11.3 Å². The fourth-order valence-corrected chi connectivity index (χ4v) is 2.50. The summed E-state index contributed by atoms with van der Waals surface area (Å²) >= 11 is 0. The fraction of sp³-hybridized carbons (Fsp3) is 0.389. The average Bonchev–Trinajstić information content (AvgIpc) is 3.05. The molecular formula is C18H22N4O2. The molecule has 0 saturated heterocycles. The maximum Gasteiger partial charge on any atom is 0.257 e. The highest BCUT2D eigenvalue weighted by Crippen LogP contribution is 2.25. The first-order valence-corrected chi connectivity index (χ1v) is 8.02. The Bertz CT molecular complexity index is 724. The molecule has 0 atom stereocenters. The summed E-state index contributed by atoms with van der Waals surface area (Å²) in [6.45, 7) is 5.65. The van der Waals surface area contributed by atoms with E-state index in [2.05, 4.69) is 11.2 Å². The largest absolute Gasteiger partial charge is 0.497 e. The minimum absolute atomic E-state index is 0.0472. The van der Waals surface area contributed by atoms with Crippen LogP contribution >= 0.6 is 0 Å². The molecule has 0 saturated carbocycles. The highest BCUT2D eigenvalue weighted by Gasteiger charge is 2.21. The molecule has 1 amide bonds. The number of hydrogen-bond acceptors (Lipinski definition) is 4. The van der Waals surface area contributed by atoms with Crippen molar-refractivity contribution in [2.45, 2.75) is 26.8 Å². The van der Waals surface area contributed by atoms with E-state index in [1.54, 1.807) is 22.9 Å². The molecule has 1 aromatic heterocycles. The van der Waals surface area contributed by atoms with Gasteiger partial charge < -0.3 is 9.64 Å². The van der Waals surface area contributed by atoms with Gasteiger partial charge in [-0.25, -0.2) is 0 Å². The Morgan fingerprint density at radius 3 is 2.50 bits per heavy atom. The summed E-state index contributed by atoms with van der Waals surface area (Å²) in [7, 11) is 1.61. The second-order valence-electron chi connectivity index (χ2n) is 5.27. The molecule has 0 N–H and O–H groups in total. The predicted octanol–water partition coefficient (Wildman–Crippen LogP) is 2.95. The monoisotopic (exact) mass is 326 g/mol. The van der Waals surface area contributed by atoms with E-state index in [1.807, 2.05) is 38.1 Å². The lowest BCUT2D eigenvalue weighted by molar-refractivity contribution is 0.0773. The topological polar surface area (TPSA) is 71.2 Å². The van der Waals surface area contributed by atoms with E-state index in [-0.39, 0.29) is 5.91 Å². The molecule has 2 rings (SSSR count). The third kappa shape index (κ3) is 3.74. The quantitative estimate of drug-likeness (QED) is 0.784. The first-order valence-electron chi connectivity index (χ1n) is 8.02. The van der Waals surface area contributed by atoms with Gasteiger partial charge in [-0.3, -0.25) is 9.48 Å². The van der Waals surface area contributed by atoms with Gasteiger partial charge in [0.1, 0.15) is 11.4 Å². The lowest BCUT2D eigenvalue weighted by Gasteiger charge is -2.18. The maximum atomic E-state index is 12.8. The predicted molar refractivity (Wildman–Crippen MR) is 91.7 cm³/mol. The van der Waals surface area contributed by atoms with Crippen molar-refractivity contribution >= 4 is 5.91 Å². The zero-order chi connectivity index (χ0) is 17.5. The van der Waals surface area contributed by atoms with Crippen molar-refractivity contribution in [3.05, 3.63) is 36.0 Å². The van der Waals surface area contributed by atoms with Gasteiger partial charge in [-0.2, -0.15) is 10.4 Å². The van der Waals surface area contributed by atoms with Crippen molar-refractivity contribution in [1.29, 1.82) is 5.26 Å². The minimum atomic E-state index is -0.0472. The number of carbonyl (C=O) groups is 1. The van der Waals surface area contributed by atoms with E-state index in [1.165, 1.54) is 0 Å². The molecule has 2 aromatic rings. The Hall–Kier alpha value is -2.81. The Labute approximate surface area is 142 Å². The summed E-state index contributed by atoms with van der Waals surface area (Å²) in [5.41, 5.74) is 2.04. The van der Waals surface area contributed by atoms with Crippen molar-refractivity contribution in [2.75, 3.05) is 20.2 Å². The Balaban J connectivity index is 2.44. The minimum Gasteiger partial charge on any atom is -0.497 e. The van der Waals surface area contributed by atoms with Gasteiger partial charge in [-0.05, 0) is 38.1 Å².